The summed E-state index contributed by atoms with van der Waals surface area (Å²) in [6.45, 7) is 0. The first kappa shape index (κ1) is 18.4. The van der Waals surface area contributed by atoms with Gasteiger partial charge in [-0.25, -0.2) is 0 Å². The summed E-state index contributed by atoms with van der Waals surface area (Å²) in [6, 6.07) is 32.6. The minimum absolute atomic E-state index is 0.720. The molecule has 3 nitrogen and oxygen atoms in total. The molecule has 5 rings (SSSR count). The van der Waals surface area contributed by atoms with Gasteiger partial charge in [0, 0.05) is 16.5 Å². The largest absolute Gasteiger partial charge is 0.449 e. The van der Waals surface area contributed by atoms with Crippen molar-refractivity contribution in [3.8, 4) is 11.1 Å². The SMILES string of the molecule is C(=Nc1ccc(-c2ccccc2)cc1)c1ccc(Sc2cccc3cccnc23)o1. The molecule has 0 saturated heterocycles. The zero-order valence-electron chi connectivity index (χ0n) is 16.1. The van der Waals surface area contributed by atoms with Crippen molar-refractivity contribution < 1.29 is 4.42 Å². The van der Waals surface area contributed by atoms with Crippen molar-refractivity contribution in [1.29, 1.82) is 0 Å². The molecule has 0 amide bonds. The Hall–Kier alpha value is -3.63. The van der Waals surface area contributed by atoms with Gasteiger partial charge in [0.2, 0.25) is 0 Å². The predicted octanol–water partition coefficient (Wildman–Crippen LogP) is 7.40. The molecule has 0 saturated carbocycles. The molecular formula is C26H18N2OS. The Kier molecular flexibility index (Phi) is 5.15. The molecular weight excluding hydrogens is 388 g/mol. The van der Waals surface area contributed by atoms with E-state index >= 15 is 0 Å². The van der Waals surface area contributed by atoms with Crippen LogP contribution in [0.3, 0.4) is 0 Å². The van der Waals surface area contributed by atoms with E-state index in [4.69, 9.17) is 4.42 Å². The lowest BCUT2D eigenvalue weighted by Crippen LogP contribution is -1.81. The third kappa shape index (κ3) is 4.04. The number of furan rings is 1. The zero-order chi connectivity index (χ0) is 20.2. The summed E-state index contributed by atoms with van der Waals surface area (Å²) in [5, 5.41) is 1.93. The van der Waals surface area contributed by atoms with Gasteiger partial charge in [0.25, 0.3) is 0 Å². The van der Waals surface area contributed by atoms with E-state index in [0.29, 0.717) is 0 Å². The highest BCUT2D eigenvalue weighted by atomic mass is 32.2. The standard InChI is InChI=1S/C26H18N2OS/c1-2-6-19(7-3-1)20-11-13-22(14-12-20)28-18-23-15-16-25(29-23)30-24-10-4-8-21-9-5-17-27-26(21)24/h1-18H. The molecule has 0 aliphatic rings. The molecule has 0 aliphatic carbocycles. The number of hydrogen-bond donors (Lipinski definition) is 0. The van der Waals surface area contributed by atoms with E-state index in [1.807, 2.05) is 60.8 Å². The fourth-order valence-electron chi connectivity index (χ4n) is 3.23. The topological polar surface area (TPSA) is 38.4 Å². The number of aliphatic imine (C=N–C) groups is 1. The van der Waals surface area contributed by atoms with Gasteiger partial charge in [0.1, 0.15) is 5.76 Å². The average Bonchev–Trinajstić information content (AvgIpc) is 3.26. The predicted molar refractivity (Wildman–Crippen MR) is 124 cm³/mol. The summed E-state index contributed by atoms with van der Waals surface area (Å²) in [5.41, 5.74) is 4.24. The third-order valence-corrected chi connectivity index (χ3v) is 5.69. The highest BCUT2D eigenvalue weighted by Crippen LogP contribution is 2.33. The van der Waals surface area contributed by atoms with E-state index in [-0.39, 0.29) is 0 Å². The van der Waals surface area contributed by atoms with Gasteiger partial charge in [0.15, 0.2) is 5.09 Å². The molecule has 2 aromatic heterocycles. The number of nitrogens with zero attached hydrogens (tertiary/aromatic N) is 2. The maximum Gasteiger partial charge on any atom is 0.165 e. The summed E-state index contributed by atoms with van der Waals surface area (Å²) in [5.74, 6) is 0.720. The average molecular weight is 407 g/mol. The Labute approximate surface area is 179 Å². The van der Waals surface area contributed by atoms with Crippen LogP contribution in [-0.2, 0) is 0 Å². The van der Waals surface area contributed by atoms with Crippen molar-refractivity contribution in [3.05, 3.63) is 109 Å². The fourth-order valence-corrected chi connectivity index (χ4v) is 4.14. The van der Waals surface area contributed by atoms with Crippen molar-refractivity contribution in [1.82, 2.24) is 4.98 Å². The second-order valence-corrected chi connectivity index (χ2v) is 7.81. The Morgan fingerprint density at radius 1 is 0.733 bits per heavy atom. The Balaban J connectivity index is 1.30. The molecule has 2 heterocycles. The lowest BCUT2D eigenvalue weighted by molar-refractivity contribution is 0.469. The number of rotatable bonds is 5. The maximum absolute atomic E-state index is 5.94. The number of benzene rings is 3. The van der Waals surface area contributed by atoms with E-state index in [1.54, 1.807) is 18.0 Å². The third-order valence-electron chi connectivity index (χ3n) is 4.72. The molecule has 0 N–H and O–H groups in total. The molecule has 4 heteroatoms. The van der Waals surface area contributed by atoms with E-state index in [1.165, 1.54) is 11.1 Å². The molecule has 0 fully saturated rings. The molecule has 0 aliphatic heterocycles. The summed E-state index contributed by atoms with van der Waals surface area (Å²) in [7, 11) is 0. The quantitative estimate of drug-likeness (QED) is 0.285. The molecule has 3 aromatic carbocycles. The van der Waals surface area contributed by atoms with Crippen molar-refractivity contribution in [3.63, 3.8) is 0 Å². The molecule has 0 unspecified atom stereocenters. The van der Waals surface area contributed by atoms with E-state index in [2.05, 4.69) is 52.4 Å². The van der Waals surface area contributed by atoms with Crippen LogP contribution in [0.2, 0.25) is 0 Å². The first-order chi connectivity index (χ1) is 14.8. The minimum Gasteiger partial charge on any atom is -0.449 e. The van der Waals surface area contributed by atoms with Gasteiger partial charge in [-0.15, -0.1) is 0 Å². The van der Waals surface area contributed by atoms with Crippen LogP contribution in [0.4, 0.5) is 5.69 Å². The van der Waals surface area contributed by atoms with Crippen LogP contribution < -0.4 is 0 Å². The van der Waals surface area contributed by atoms with Crippen LogP contribution in [-0.4, -0.2) is 11.2 Å². The molecule has 0 radical (unpaired) electrons. The number of fused-ring (bicyclic) bond motifs is 1. The van der Waals surface area contributed by atoms with Crippen molar-refractivity contribution in [2.75, 3.05) is 0 Å². The second kappa shape index (κ2) is 8.39. The van der Waals surface area contributed by atoms with Crippen LogP contribution >= 0.6 is 11.8 Å². The van der Waals surface area contributed by atoms with Crippen LogP contribution in [0.1, 0.15) is 5.76 Å². The van der Waals surface area contributed by atoms with Crippen LogP contribution in [0.15, 0.2) is 123 Å². The molecule has 0 bridgehead atoms. The normalized spacial score (nSPS) is 11.3. The van der Waals surface area contributed by atoms with Crippen LogP contribution in [0.5, 0.6) is 0 Å². The lowest BCUT2D eigenvalue weighted by atomic mass is 10.1. The maximum atomic E-state index is 5.94. The monoisotopic (exact) mass is 406 g/mol. The highest BCUT2D eigenvalue weighted by molar-refractivity contribution is 7.99. The van der Waals surface area contributed by atoms with E-state index in [9.17, 15) is 0 Å². The van der Waals surface area contributed by atoms with Crippen LogP contribution in [0.25, 0.3) is 22.0 Å². The van der Waals surface area contributed by atoms with Gasteiger partial charge < -0.3 is 4.42 Å². The number of aromatic nitrogens is 1. The Morgan fingerprint density at radius 2 is 1.53 bits per heavy atom. The van der Waals surface area contributed by atoms with Gasteiger partial charge in [-0.05, 0) is 59.3 Å². The fraction of sp³-hybridized carbons (Fsp3) is 0. The number of para-hydroxylation sites is 1. The number of hydrogen-bond acceptors (Lipinski definition) is 4. The molecule has 5 aromatic rings. The van der Waals surface area contributed by atoms with Gasteiger partial charge in [0.05, 0.1) is 17.4 Å². The lowest BCUT2D eigenvalue weighted by Gasteiger charge is -2.02. The summed E-state index contributed by atoms with van der Waals surface area (Å²) >= 11 is 1.57. The molecule has 30 heavy (non-hydrogen) atoms. The van der Waals surface area contributed by atoms with Gasteiger partial charge in [-0.1, -0.05) is 60.7 Å². The number of pyridine rings is 1. The summed E-state index contributed by atoms with van der Waals surface area (Å²) in [6.07, 6.45) is 3.57. The second-order valence-electron chi connectivity index (χ2n) is 6.76. The first-order valence-electron chi connectivity index (χ1n) is 9.66. The summed E-state index contributed by atoms with van der Waals surface area (Å²) < 4.78 is 5.94. The van der Waals surface area contributed by atoms with Crippen molar-refractivity contribution in [2.45, 2.75) is 9.99 Å². The van der Waals surface area contributed by atoms with Crippen molar-refractivity contribution >= 4 is 34.6 Å². The highest BCUT2D eigenvalue weighted by Gasteiger charge is 2.07. The van der Waals surface area contributed by atoms with Crippen molar-refractivity contribution in [2.24, 2.45) is 4.99 Å². The Morgan fingerprint density at radius 3 is 2.40 bits per heavy atom. The smallest absolute Gasteiger partial charge is 0.165 e. The molecule has 0 atom stereocenters. The van der Waals surface area contributed by atoms with E-state index in [0.717, 1.165) is 32.3 Å². The Bertz CT molecular complexity index is 1300. The van der Waals surface area contributed by atoms with Gasteiger partial charge in [-0.2, -0.15) is 0 Å². The summed E-state index contributed by atoms with van der Waals surface area (Å²) in [4.78, 5) is 10.1. The zero-order valence-corrected chi connectivity index (χ0v) is 16.9. The first-order valence-corrected chi connectivity index (χ1v) is 10.5. The van der Waals surface area contributed by atoms with E-state index < -0.39 is 0 Å². The van der Waals surface area contributed by atoms with Gasteiger partial charge >= 0.3 is 0 Å². The molecule has 144 valence electrons. The minimum atomic E-state index is 0.720. The van der Waals surface area contributed by atoms with Crippen LogP contribution in [0, 0.1) is 0 Å². The molecule has 0 spiro atoms. The van der Waals surface area contributed by atoms with Gasteiger partial charge in [-0.3, -0.25) is 9.98 Å².